The number of benzene rings is 1. The third-order valence-corrected chi connectivity index (χ3v) is 4.57. The van der Waals surface area contributed by atoms with Gasteiger partial charge in [0.25, 0.3) is 0 Å². The highest BCUT2D eigenvalue weighted by atomic mass is 16.7. The number of likely N-dealkylation sites (tertiary alicyclic amines) is 1. The largest absolute Gasteiger partial charge is 0.466 e. The Labute approximate surface area is 146 Å². The molecule has 0 saturated carbocycles. The molecule has 1 aromatic rings. The highest BCUT2D eigenvalue weighted by Crippen LogP contribution is 2.31. The Hall–Kier alpha value is -2.12. The van der Waals surface area contributed by atoms with E-state index in [1.165, 1.54) is 7.11 Å². The van der Waals surface area contributed by atoms with E-state index < -0.39 is 24.0 Å². The van der Waals surface area contributed by atoms with Crippen LogP contribution in [0.1, 0.15) is 18.4 Å². The predicted octanol–water partition coefficient (Wildman–Crippen LogP) is 1.75. The summed E-state index contributed by atoms with van der Waals surface area (Å²) in [5, 5.41) is 0. The van der Waals surface area contributed by atoms with E-state index in [0.29, 0.717) is 39.1 Å². The maximum atomic E-state index is 12.4. The fourth-order valence-corrected chi connectivity index (χ4v) is 3.14. The molecular formula is C18H23NO6. The molecule has 1 spiro atoms. The summed E-state index contributed by atoms with van der Waals surface area (Å²) in [6.45, 7) is 2.12. The van der Waals surface area contributed by atoms with E-state index in [1.54, 1.807) is 4.90 Å². The van der Waals surface area contributed by atoms with Crippen molar-refractivity contribution in [3.8, 4) is 0 Å². The van der Waals surface area contributed by atoms with Gasteiger partial charge in [-0.15, -0.1) is 0 Å². The van der Waals surface area contributed by atoms with Crippen LogP contribution in [-0.4, -0.2) is 62.3 Å². The van der Waals surface area contributed by atoms with Gasteiger partial charge in [0.2, 0.25) is 6.10 Å². The van der Waals surface area contributed by atoms with E-state index in [-0.39, 0.29) is 6.42 Å². The molecule has 7 nitrogen and oxygen atoms in total. The molecule has 1 aromatic carbocycles. The molecule has 2 saturated heterocycles. The van der Waals surface area contributed by atoms with Crippen molar-refractivity contribution >= 4 is 12.1 Å². The predicted molar refractivity (Wildman–Crippen MR) is 87.9 cm³/mol. The van der Waals surface area contributed by atoms with E-state index in [4.69, 9.17) is 18.9 Å². The monoisotopic (exact) mass is 349 g/mol. The Bertz CT molecular complexity index is 589. The maximum absolute atomic E-state index is 12.4. The van der Waals surface area contributed by atoms with E-state index in [9.17, 15) is 9.59 Å². The molecule has 0 radical (unpaired) electrons. The summed E-state index contributed by atoms with van der Waals surface area (Å²) < 4.78 is 21.5. The van der Waals surface area contributed by atoms with Crippen LogP contribution in [0.5, 0.6) is 0 Å². The van der Waals surface area contributed by atoms with Gasteiger partial charge in [0.15, 0.2) is 5.79 Å². The Balaban J connectivity index is 1.57. The lowest BCUT2D eigenvalue weighted by Gasteiger charge is -2.37. The number of esters is 1. The third kappa shape index (κ3) is 4.29. The zero-order chi connectivity index (χ0) is 17.7. The molecule has 1 atom stereocenters. The van der Waals surface area contributed by atoms with Crippen LogP contribution < -0.4 is 0 Å². The topological polar surface area (TPSA) is 74.3 Å². The first-order valence-electron chi connectivity index (χ1n) is 8.47. The van der Waals surface area contributed by atoms with Crippen LogP contribution >= 0.6 is 0 Å². The average molecular weight is 349 g/mol. The van der Waals surface area contributed by atoms with Crippen molar-refractivity contribution in [2.24, 2.45) is 0 Å². The highest BCUT2D eigenvalue weighted by Gasteiger charge is 2.41. The van der Waals surface area contributed by atoms with Crippen molar-refractivity contribution in [1.82, 2.24) is 4.90 Å². The Morgan fingerprint density at radius 2 is 1.80 bits per heavy atom. The van der Waals surface area contributed by atoms with E-state index in [2.05, 4.69) is 0 Å². The molecule has 1 unspecified atom stereocenters. The third-order valence-electron chi connectivity index (χ3n) is 4.57. The van der Waals surface area contributed by atoms with Gasteiger partial charge in [-0.2, -0.15) is 0 Å². The molecule has 0 aliphatic carbocycles. The number of carbonyl (C=O) groups excluding carboxylic acids is 2. The van der Waals surface area contributed by atoms with Crippen LogP contribution in [0, 0.1) is 0 Å². The molecule has 2 aliphatic heterocycles. The second-order valence-corrected chi connectivity index (χ2v) is 6.18. The molecule has 7 heteroatoms. The number of carbonyl (C=O) groups is 2. The molecule has 25 heavy (non-hydrogen) atoms. The minimum absolute atomic E-state index is 0.281. The average Bonchev–Trinajstić information content (AvgIpc) is 3.10. The van der Waals surface area contributed by atoms with Crippen molar-refractivity contribution in [2.45, 2.75) is 31.2 Å². The number of rotatable bonds is 4. The van der Waals surface area contributed by atoms with Crippen molar-refractivity contribution in [2.75, 3.05) is 33.4 Å². The van der Waals surface area contributed by atoms with Crippen molar-refractivity contribution in [1.29, 1.82) is 0 Å². The van der Waals surface area contributed by atoms with Crippen LogP contribution in [0.2, 0.25) is 0 Å². The number of piperidine rings is 1. The molecule has 2 heterocycles. The van der Waals surface area contributed by atoms with Gasteiger partial charge in [0.1, 0.15) is 0 Å². The summed E-state index contributed by atoms with van der Waals surface area (Å²) in [5.74, 6) is -1.11. The van der Waals surface area contributed by atoms with Gasteiger partial charge >= 0.3 is 12.1 Å². The zero-order valence-electron chi connectivity index (χ0n) is 14.3. The SMILES string of the molecule is COC(=O)C(Cc1ccccc1)OC(=O)N1CCC2(CC1)OCCO2. The van der Waals surface area contributed by atoms with Crippen LogP contribution in [0.3, 0.4) is 0 Å². The second kappa shape index (κ2) is 7.84. The number of methoxy groups -OCH3 is 1. The number of amides is 1. The first-order chi connectivity index (χ1) is 12.1. The minimum atomic E-state index is -0.963. The molecule has 0 N–H and O–H groups in total. The van der Waals surface area contributed by atoms with Crippen LogP contribution in [0.4, 0.5) is 4.79 Å². The fraction of sp³-hybridized carbons (Fsp3) is 0.556. The summed E-state index contributed by atoms with van der Waals surface area (Å²) in [7, 11) is 1.29. The quantitative estimate of drug-likeness (QED) is 0.771. The number of ether oxygens (including phenoxy) is 4. The highest BCUT2D eigenvalue weighted by molar-refractivity contribution is 5.79. The molecule has 2 fully saturated rings. The molecule has 136 valence electrons. The Morgan fingerprint density at radius 1 is 1.16 bits per heavy atom. The standard InChI is InChI=1S/C18H23NO6/c1-22-16(20)15(13-14-5-3-2-4-6-14)25-17(21)19-9-7-18(8-10-19)23-11-12-24-18/h2-6,15H,7-13H2,1H3. The maximum Gasteiger partial charge on any atom is 0.410 e. The van der Waals surface area contributed by atoms with Gasteiger partial charge in [0, 0.05) is 32.4 Å². The van der Waals surface area contributed by atoms with Crippen molar-refractivity contribution in [3.63, 3.8) is 0 Å². The number of hydrogen-bond acceptors (Lipinski definition) is 6. The first kappa shape index (κ1) is 17.7. The van der Waals surface area contributed by atoms with Gasteiger partial charge in [-0.1, -0.05) is 30.3 Å². The van der Waals surface area contributed by atoms with Gasteiger partial charge < -0.3 is 23.8 Å². The summed E-state index contributed by atoms with van der Waals surface area (Å²) in [4.78, 5) is 26.0. The molecule has 0 aromatic heterocycles. The summed E-state index contributed by atoms with van der Waals surface area (Å²) >= 11 is 0. The normalized spacial score (nSPS) is 20.3. The molecule has 0 bridgehead atoms. The van der Waals surface area contributed by atoms with Crippen LogP contribution in [0.15, 0.2) is 30.3 Å². The van der Waals surface area contributed by atoms with Gasteiger partial charge in [-0.05, 0) is 5.56 Å². The smallest absolute Gasteiger partial charge is 0.410 e. The molecule has 3 rings (SSSR count). The summed E-state index contributed by atoms with van der Waals surface area (Å²) in [6.07, 6.45) is 0.00492. The van der Waals surface area contributed by atoms with Crippen LogP contribution in [-0.2, 0) is 30.2 Å². The molecule has 1 amide bonds. The first-order valence-corrected chi connectivity index (χ1v) is 8.47. The summed E-state index contributed by atoms with van der Waals surface area (Å²) in [5.41, 5.74) is 0.899. The van der Waals surface area contributed by atoms with Gasteiger partial charge in [-0.3, -0.25) is 0 Å². The summed E-state index contributed by atoms with van der Waals surface area (Å²) in [6, 6.07) is 9.39. The lowest BCUT2D eigenvalue weighted by molar-refractivity contribution is -0.183. The van der Waals surface area contributed by atoms with Gasteiger partial charge in [0.05, 0.1) is 20.3 Å². The Morgan fingerprint density at radius 3 is 2.40 bits per heavy atom. The number of nitrogens with zero attached hydrogens (tertiary/aromatic N) is 1. The fourth-order valence-electron chi connectivity index (χ4n) is 3.14. The Kier molecular flexibility index (Phi) is 5.55. The van der Waals surface area contributed by atoms with E-state index in [1.807, 2.05) is 30.3 Å². The van der Waals surface area contributed by atoms with Crippen LogP contribution in [0.25, 0.3) is 0 Å². The van der Waals surface area contributed by atoms with Crippen molar-refractivity contribution < 1.29 is 28.5 Å². The zero-order valence-corrected chi connectivity index (χ0v) is 14.3. The van der Waals surface area contributed by atoms with Crippen molar-refractivity contribution in [3.05, 3.63) is 35.9 Å². The molecule has 2 aliphatic rings. The lowest BCUT2D eigenvalue weighted by atomic mass is 10.0. The number of hydrogen-bond donors (Lipinski definition) is 0. The lowest BCUT2D eigenvalue weighted by Crippen LogP contribution is -2.48. The molecular weight excluding hydrogens is 326 g/mol. The van der Waals surface area contributed by atoms with E-state index in [0.717, 1.165) is 5.56 Å². The minimum Gasteiger partial charge on any atom is -0.466 e. The van der Waals surface area contributed by atoms with Gasteiger partial charge in [-0.25, -0.2) is 9.59 Å². The van der Waals surface area contributed by atoms with E-state index >= 15 is 0 Å². The second-order valence-electron chi connectivity index (χ2n) is 6.18.